The van der Waals surface area contributed by atoms with Gasteiger partial charge in [-0.3, -0.25) is 10.1 Å². The number of benzene rings is 2. The number of ether oxygens (including phenoxy) is 1. The van der Waals surface area contributed by atoms with Gasteiger partial charge < -0.3 is 4.74 Å². The smallest absolute Gasteiger partial charge is 0.338 e. The van der Waals surface area contributed by atoms with Gasteiger partial charge in [-0.1, -0.05) is 29.3 Å². The number of rotatable bonds is 4. The molecule has 2 aromatic carbocycles. The van der Waals surface area contributed by atoms with E-state index in [2.05, 4.69) is 15.9 Å². The molecule has 0 saturated heterocycles. The average Bonchev–Trinajstić information content (AvgIpc) is 2.48. The number of carbonyl (C=O) groups is 1. The van der Waals surface area contributed by atoms with Gasteiger partial charge in [0, 0.05) is 6.07 Å². The highest BCUT2D eigenvalue weighted by Crippen LogP contribution is 2.26. The van der Waals surface area contributed by atoms with E-state index in [1.54, 1.807) is 18.2 Å². The highest BCUT2D eigenvalue weighted by molar-refractivity contribution is 9.10. The fourth-order valence-electron chi connectivity index (χ4n) is 1.64. The summed E-state index contributed by atoms with van der Waals surface area (Å²) in [6, 6.07) is 8.87. The second-order valence-electron chi connectivity index (χ2n) is 4.25. The molecule has 22 heavy (non-hydrogen) atoms. The van der Waals surface area contributed by atoms with Crippen molar-refractivity contribution in [1.29, 1.82) is 0 Å². The lowest BCUT2D eigenvalue weighted by molar-refractivity contribution is -0.385. The minimum Gasteiger partial charge on any atom is -0.457 e. The monoisotopic (exact) mass is 403 g/mol. The lowest BCUT2D eigenvalue weighted by Crippen LogP contribution is -2.06. The fourth-order valence-corrected chi connectivity index (χ4v) is 2.35. The molecule has 0 fully saturated rings. The van der Waals surface area contributed by atoms with Gasteiger partial charge in [0.25, 0.3) is 5.69 Å². The number of nitrogens with zero attached hydrogens (tertiary/aromatic N) is 1. The van der Waals surface area contributed by atoms with Crippen molar-refractivity contribution in [2.75, 3.05) is 0 Å². The molecule has 0 aliphatic carbocycles. The number of hydrogen-bond donors (Lipinski definition) is 0. The minimum atomic E-state index is -0.665. The molecule has 0 aliphatic heterocycles. The van der Waals surface area contributed by atoms with Crippen LogP contribution in [0.5, 0.6) is 0 Å². The summed E-state index contributed by atoms with van der Waals surface area (Å²) in [5.74, 6) is -0.665. The molecule has 2 aromatic rings. The number of carbonyl (C=O) groups excluding carboxylic acids is 1. The molecule has 0 amide bonds. The summed E-state index contributed by atoms with van der Waals surface area (Å²) in [5.41, 5.74) is 0.549. The standard InChI is InChI=1S/C14H8BrCl2NO4/c15-10-3-2-9(6-13(10)18(20)21)14(19)22-7-8-1-4-11(16)12(17)5-8/h1-6H,7H2. The van der Waals surface area contributed by atoms with Gasteiger partial charge in [-0.25, -0.2) is 4.79 Å². The number of nitro benzene ring substituents is 1. The van der Waals surface area contributed by atoms with E-state index in [-0.39, 0.29) is 17.9 Å². The molecule has 0 aliphatic rings. The van der Waals surface area contributed by atoms with E-state index >= 15 is 0 Å². The Labute approximate surface area is 144 Å². The van der Waals surface area contributed by atoms with Crippen LogP contribution in [0.25, 0.3) is 0 Å². The molecule has 0 spiro atoms. The van der Waals surface area contributed by atoms with Crippen molar-refractivity contribution in [1.82, 2.24) is 0 Å². The summed E-state index contributed by atoms with van der Waals surface area (Å²) < 4.78 is 5.40. The zero-order chi connectivity index (χ0) is 16.3. The average molecular weight is 405 g/mol. The maximum absolute atomic E-state index is 11.9. The van der Waals surface area contributed by atoms with Crippen molar-refractivity contribution in [3.8, 4) is 0 Å². The van der Waals surface area contributed by atoms with Crippen LogP contribution in [0.1, 0.15) is 15.9 Å². The zero-order valence-corrected chi connectivity index (χ0v) is 14.0. The Balaban J connectivity index is 2.10. The first-order chi connectivity index (χ1) is 10.4. The fraction of sp³-hybridized carbons (Fsp3) is 0.0714. The van der Waals surface area contributed by atoms with Crippen LogP contribution in [0.2, 0.25) is 10.0 Å². The third-order valence-electron chi connectivity index (χ3n) is 2.73. The third-order valence-corrected chi connectivity index (χ3v) is 4.14. The molecule has 0 heterocycles. The first kappa shape index (κ1) is 16.7. The predicted molar refractivity (Wildman–Crippen MR) is 86.4 cm³/mol. The molecule has 0 N–H and O–H groups in total. The summed E-state index contributed by atoms with van der Waals surface area (Å²) in [6.45, 7) is -0.0143. The molecular weight excluding hydrogens is 397 g/mol. The van der Waals surface area contributed by atoms with E-state index in [0.29, 0.717) is 20.1 Å². The Bertz CT molecular complexity index is 752. The molecule has 0 saturated carbocycles. The molecule has 0 aromatic heterocycles. The maximum Gasteiger partial charge on any atom is 0.338 e. The van der Waals surface area contributed by atoms with Crippen LogP contribution in [-0.4, -0.2) is 10.9 Å². The van der Waals surface area contributed by atoms with Crippen molar-refractivity contribution < 1.29 is 14.5 Å². The highest BCUT2D eigenvalue weighted by Gasteiger charge is 2.17. The lowest BCUT2D eigenvalue weighted by Gasteiger charge is -2.06. The second-order valence-corrected chi connectivity index (χ2v) is 5.92. The first-order valence-corrected chi connectivity index (χ1v) is 7.48. The van der Waals surface area contributed by atoms with E-state index in [0.717, 1.165) is 6.07 Å². The summed E-state index contributed by atoms with van der Waals surface area (Å²) in [5, 5.41) is 11.6. The maximum atomic E-state index is 11.9. The van der Waals surface area contributed by atoms with Crippen LogP contribution in [0.4, 0.5) is 5.69 Å². The van der Waals surface area contributed by atoms with Crippen LogP contribution in [0.3, 0.4) is 0 Å². The van der Waals surface area contributed by atoms with E-state index in [9.17, 15) is 14.9 Å². The molecule has 8 heteroatoms. The normalized spacial score (nSPS) is 10.3. The van der Waals surface area contributed by atoms with E-state index < -0.39 is 10.9 Å². The third kappa shape index (κ3) is 3.97. The van der Waals surface area contributed by atoms with E-state index in [1.807, 2.05) is 0 Å². The van der Waals surface area contributed by atoms with Crippen LogP contribution in [0, 0.1) is 10.1 Å². The lowest BCUT2D eigenvalue weighted by atomic mass is 10.2. The van der Waals surface area contributed by atoms with Gasteiger partial charge in [0.2, 0.25) is 0 Å². The topological polar surface area (TPSA) is 69.4 Å². The number of esters is 1. The molecule has 2 rings (SSSR count). The van der Waals surface area contributed by atoms with Gasteiger partial charge in [-0.2, -0.15) is 0 Å². The molecule has 0 bridgehead atoms. The Kier molecular flexibility index (Phi) is 5.39. The van der Waals surface area contributed by atoms with Crippen LogP contribution < -0.4 is 0 Å². The van der Waals surface area contributed by atoms with Crippen molar-refractivity contribution in [3.63, 3.8) is 0 Å². The Morgan fingerprint density at radius 3 is 2.55 bits per heavy atom. The van der Waals surface area contributed by atoms with E-state index in [1.165, 1.54) is 12.1 Å². The largest absolute Gasteiger partial charge is 0.457 e. The van der Waals surface area contributed by atoms with Gasteiger partial charge in [0.1, 0.15) is 6.61 Å². The summed E-state index contributed by atoms with van der Waals surface area (Å²) in [7, 11) is 0. The molecule has 0 atom stereocenters. The van der Waals surface area contributed by atoms with Gasteiger partial charge in [0.05, 0.1) is 25.0 Å². The van der Waals surface area contributed by atoms with Gasteiger partial charge >= 0.3 is 5.97 Å². The summed E-state index contributed by atoms with van der Waals surface area (Å²) >= 11 is 14.7. The zero-order valence-electron chi connectivity index (χ0n) is 10.9. The molecule has 5 nitrogen and oxygen atoms in total. The van der Waals surface area contributed by atoms with E-state index in [4.69, 9.17) is 27.9 Å². The predicted octanol–water partition coefficient (Wildman–Crippen LogP) is 5.02. The Morgan fingerprint density at radius 2 is 1.91 bits per heavy atom. The summed E-state index contributed by atoms with van der Waals surface area (Å²) in [6.07, 6.45) is 0. The molecule has 0 radical (unpaired) electrons. The number of halogens is 3. The summed E-state index contributed by atoms with van der Waals surface area (Å²) in [4.78, 5) is 22.2. The van der Waals surface area contributed by atoms with Crippen molar-refractivity contribution >= 4 is 50.8 Å². The second kappa shape index (κ2) is 7.09. The van der Waals surface area contributed by atoms with Crippen LogP contribution in [-0.2, 0) is 11.3 Å². The Hall–Kier alpha value is -1.63. The van der Waals surface area contributed by atoms with Gasteiger partial charge in [0.15, 0.2) is 0 Å². The highest BCUT2D eigenvalue weighted by atomic mass is 79.9. The van der Waals surface area contributed by atoms with Crippen LogP contribution >= 0.6 is 39.1 Å². The van der Waals surface area contributed by atoms with Gasteiger partial charge in [-0.05, 0) is 45.8 Å². The van der Waals surface area contributed by atoms with Crippen molar-refractivity contribution in [2.45, 2.75) is 6.61 Å². The van der Waals surface area contributed by atoms with Crippen LogP contribution in [0.15, 0.2) is 40.9 Å². The first-order valence-electron chi connectivity index (χ1n) is 5.93. The van der Waals surface area contributed by atoms with Gasteiger partial charge in [-0.15, -0.1) is 0 Å². The molecule has 0 unspecified atom stereocenters. The number of hydrogen-bond acceptors (Lipinski definition) is 4. The molecular formula is C14H8BrCl2NO4. The Morgan fingerprint density at radius 1 is 1.18 bits per heavy atom. The molecule has 114 valence electrons. The quantitative estimate of drug-likeness (QED) is 0.407. The number of nitro groups is 1. The SMILES string of the molecule is O=C(OCc1ccc(Cl)c(Cl)c1)c1ccc(Br)c([N+](=O)[O-])c1. The minimum absolute atomic E-state index is 0.0143. The van der Waals surface area contributed by atoms with Crippen molar-refractivity contribution in [2.24, 2.45) is 0 Å². The van der Waals surface area contributed by atoms with Crippen molar-refractivity contribution in [3.05, 3.63) is 72.2 Å².